The van der Waals surface area contributed by atoms with Crippen LogP contribution in [0.5, 0.6) is 17.2 Å². The van der Waals surface area contributed by atoms with Gasteiger partial charge in [0.1, 0.15) is 23.1 Å². The van der Waals surface area contributed by atoms with E-state index in [4.69, 9.17) is 18.9 Å². The van der Waals surface area contributed by atoms with Crippen molar-refractivity contribution in [2.75, 3.05) is 54.5 Å². The number of Topliss-reactive ketones (excluding diaryl/α,β-unsaturated/α-hetero) is 6. The number of fused-ring (bicyclic) bond motifs is 2. The average Bonchev–Trinajstić information content (AvgIpc) is 1.65. The third-order valence-electron chi connectivity index (χ3n) is 14.3. The number of hydrogen-bond donors (Lipinski definition) is 0. The molecule has 0 atom stereocenters. The zero-order valence-electron chi connectivity index (χ0n) is 74.3. The summed E-state index contributed by atoms with van der Waals surface area (Å²) in [6.45, 7) is 72.8. The molecule has 1 saturated carbocycles. The number of aryl methyl sites for hydroxylation is 2. The second kappa shape index (κ2) is 93.2. The summed E-state index contributed by atoms with van der Waals surface area (Å²) in [6.07, 6.45) is 24.8. The molecule has 6 aromatic carbocycles. The number of carbonyl (C=O) groups excluding carboxylic acids is 6. The predicted octanol–water partition coefficient (Wildman–Crippen LogP) is 26.1. The van der Waals surface area contributed by atoms with Crippen LogP contribution in [0.4, 0.5) is 0 Å². The van der Waals surface area contributed by atoms with E-state index < -0.39 is 5.92 Å². The molecule has 4 heterocycles. The maximum atomic E-state index is 11.4. The quantitative estimate of drug-likeness (QED) is 0.0937. The number of ketones is 6. The lowest BCUT2D eigenvalue weighted by Gasteiger charge is -2.20. The molecule has 114 heavy (non-hydrogen) atoms. The minimum Gasteiger partial charge on any atom is -0.497 e. The first kappa shape index (κ1) is 122. The number of methoxy groups -OCH3 is 2. The van der Waals surface area contributed by atoms with Crippen LogP contribution in [0.3, 0.4) is 0 Å². The Labute approximate surface area is 695 Å². The van der Waals surface area contributed by atoms with Crippen LogP contribution in [-0.2, 0) is 32.8 Å². The topological polar surface area (TPSA) is 151 Å². The Balaban J connectivity index is -0.000000148. The molecule has 3 aliphatic heterocycles. The van der Waals surface area contributed by atoms with Gasteiger partial charge in [-0.15, -0.1) is 92.1 Å². The highest BCUT2D eigenvalue weighted by Crippen LogP contribution is 2.33. The fraction of sp³-hybridized carbons (Fsp3) is 0.366. The lowest BCUT2D eigenvalue weighted by Crippen LogP contribution is -2.24. The Morgan fingerprint density at radius 1 is 0.447 bits per heavy atom. The number of likely N-dealkylation sites (N-methyl/N-ethyl adjacent to an activating group) is 1. The Morgan fingerprint density at radius 2 is 0.798 bits per heavy atom. The maximum Gasteiger partial charge on any atom is 0.238 e. The average molecular weight is 1570 g/mol. The highest BCUT2D eigenvalue weighted by Gasteiger charge is 2.34. The molecule has 0 radical (unpaired) electrons. The number of benzene rings is 6. The summed E-state index contributed by atoms with van der Waals surface area (Å²) in [4.78, 5) is 67.1. The molecule has 632 valence electrons. The lowest BCUT2D eigenvalue weighted by molar-refractivity contribution is -0.117. The van der Waals surface area contributed by atoms with Gasteiger partial charge >= 0.3 is 0 Å². The van der Waals surface area contributed by atoms with Gasteiger partial charge in [-0.2, -0.15) is 0 Å². The molecule has 6 aliphatic rings. The second-order valence-corrected chi connectivity index (χ2v) is 24.2. The molecule has 13 nitrogen and oxygen atoms in total. The molecule has 0 unspecified atom stereocenters. The maximum absolute atomic E-state index is 11.4. The summed E-state index contributed by atoms with van der Waals surface area (Å²) in [5.41, 5.74) is 4.48. The summed E-state index contributed by atoms with van der Waals surface area (Å²) < 4.78 is 22.4. The number of aromatic nitrogens is 1. The van der Waals surface area contributed by atoms with Gasteiger partial charge in [-0.25, -0.2) is 0 Å². The van der Waals surface area contributed by atoms with Crippen LogP contribution < -0.4 is 14.2 Å². The van der Waals surface area contributed by atoms with E-state index in [0.29, 0.717) is 36.0 Å². The van der Waals surface area contributed by atoms with Gasteiger partial charge in [0.2, 0.25) is 6.29 Å². The number of para-hydroxylation sites is 3. The molecule has 0 spiro atoms. The van der Waals surface area contributed by atoms with Crippen LogP contribution in [0.1, 0.15) is 190 Å². The molecule has 0 N–H and O–H groups in total. The minimum atomic E-state index is -0.470. The molecule has 7 aromatic rings. The van der Waals surface area contributed by atoms with Crippen LogP contribution in [-0.4, -0.2) is 110 Å². The van der Waals surface area contributed by atoms with Crippen molar-refractivity contribution in [3.05, 3.63) is 339 Å². The van der Waals surface area contributed by atoms with Gasteiger partial charge in [-0.1, -0.05) is 256 Å². The van der Waals surface area contributed by atoms with Crippen LogP contribution in [0, 0.1) is 24.7 Å². The van der Waals surface area contributed by atoms with Crippen molar-refractivity contribution in [2.45, 2.75) is 168 Å². The van der Waals surface area contributed by atoms with Gasteiger partial charge in [0.15, 0.2) is 28.8 Å². The SMILES string of the molecule is C=C.C=C.C=C.C=C.C=C.C=C.C=C.CC.CC.CC(=O)c1ccccc1.CC(C)=O.CC(C)=O.CC1C(=O)c2ccccc2C1=O.CC1C=CC=C1.CC1CCCCC1.CC1Oc2ccccc2O1.CN1CCC(=O)C1.CN1CCCCC1.COCc1ccccc1.COc1ccccc1.Cc1ccccc1.Cn1cccc1. The van der Waals surface area contributed by atoms with Crippen molar-refractivity contribution in [3.8, 4) is 17.2 Å². The first-order valence-corrected chi connectivity index (χ1v) is 39.0. The second-order valence-electron chi connectivity index (χ2n) is 24.2. The predicted molar refractivity (Wildman–Crippen MR) is 497 cm³/mol. The van der Waals surface area contributed by atoms with Gasteiger partial charge < -0.3 is 38.0 Å². The number of allylic oxidation sites excluding steroid dienone is 4. The number of nitrogens with zero attached hydrogens (tertiary/aromatic N) is 3. The van der Waals surface area contributed by atoms with E-state index in [0.717, 1.165) is 41.7 Å². The van der Waals surface area contributed by atoms with Gasteiger partial charge in [0.05, 0.1) is 26.2 Å². The first-order chi connectivity index (χ1) is 55.0. The normalized spacial score (nSPS) is 12.6. The fourth-order valence-electron chi connectivity index (χ4n) is 9.13. The molecular weight excluding hydrogens is 1420 g/mol. The van der Waals surface area contributed by atoms with Gasteiger partial charge in [-0.3, -0.25) is 24.1 Å². The fourth-order valence-corrected chi connectivity index (χ4v) is 9.13. The number of likely N-dealkylation sites (tertiary alicyclic amines) is 2. The Kier molecular flexibility index (Phi) is 99.6. The zero-order chi connectivity index (χ0) is 89.3. The molecule has 13 rings (SSSR count). The van der Waals surface area contributed by atoms with Gasteiger partial charge in [-0.05, 0) is 142 Å². The van der Waals surface area contributed by atoms with E-state index in [2.05, 4.69) is 161 Å². The molecule has 3 fully saturated rings. The van der Waals surface area contributed by atoms with Crippen molar-refractivity contribution in [2.24, 2.45) is 24.8 Å². The molecule has 1 aromatic heterocycles. The smallest absolute Gasteiger partial charge is 0.238 e. The number of hydrogen-bond acceptors (Lipinski definition) is 12. The van der Waals surface area contributed by atoms with E-state index >= 15 is 0 Å². The Bertz CT molecular complexity index is 3220. The number of piperidine rings is 1. The lowest BCUT2D eigenvalue weighted by atomic mass is 9.91. The van der Waals surface area contributed by atoms with Crippen molar-refractivity contribution in [3.63, 3.8) is 0 Å². The Hall–Kier alpha value is -10.4. The van der Waals surface area contributed by atoms with Gasteiger partial charge in [0.25, 0.3) is 0 Å². The first-order valence-electron chi connectivity index (χ1n) is 39.0. The van der Waals surface area contributed by atoms with Crippen molar-refractivity contribution in [1.29, 1.82) is 0 Å². The third kappa shape index (κ3) is 76.9. The van der Waals surface area contributed by atoms with E-state index in [9.17, 15) is 28.8 Å². The van der Waals surface area contributed by atoms with Crippen LogP contribution in [0.2, 0.25) is 0 Å². The summed E-state index contributed by atoms with van der Waals surface area (Å²) in [6, 6.07) is 57.9. The summed E-state index contributed by atoms with van der Waals surface area (Å²) in [5.74, 6) is 4.59. The zero-order valence-corrected chi connectivity index (χ0v) is 74.3. The van der Waals surface area contributed by atoms with E-state index in [-0.39, 0.29) is 35.2 Å². The Morgan fingerprint density at radius 3 is 1.04 bits per heavy atom. The van der Waals surface area contributed by atoms with Crippen LogP contribution >= 0.6 is 0 Å². The molecule has 2 saturated heterocycles. The molecule has 3 aliphatic carbocycles. The summed E-state index contributed by atoms with van der Waals surface area (Å²) in [5, 5.41) is 0. The third-order valence-corrected chi connectivity index (χ3v) is 14.3. The highest BCUT2D eigenvalue weighted by atomic mass is 16.7. The molecule has 0 amide bonds. The number of rotatable bonds is 4. The van der Waals surface area contributed by atoms with Crippen molar-refractivity contribution < 1.29 is 47.7 Å². The van der Waals surface area contributed by atoms with E-state index in [1.807, 2.05) is 216 Å². The summed E-state index contributed by atoms with van der Waals surface area (Å²) >= 11 is 0. The molecular formula is C101H153N3O10. The molecule has 13 heteroatoms. The monoisotopic (exact) mass is 1570 g/mol. The highest BCUT2D eigenvalue weighted by molar-refractivity contribution is 6.26. The molecule has 0 bridgehead atoms. The van der Waals surface area contributed by atoms with Crippen LogP contribution in [0.15, 0.2) is 311 Å². The summed E-state index contributed by atoms with van der Waals surface area (Å²) in [7, 11) is 9.52. The number of carbonyl (C=O) groups is 6. The van der Waals surface area contributed by atoms with E-state index in [1.54, 1.807) is 52.3 Å². The van der Waals surface area contributed by atoms with Gasteiger partial charge in [0, 0.05) is 63.1 Å². The van der Waals surface area contributed by atoms with Crippen molar-refractivity contribution in [1.82, 2.24) is 14.4 Å². The minimum absolute atomic E-state index is 0.0457. The van der Waals surface area contributed by atoms with E-state index in [1.165, 1.54) is 103 Å². The standard InChI is InChI=1S/C10H8O2.C8H8O2.C8H10O.C8H8O.C7H8O.C7H14.C7H8.C6H13N.C6H8.C5H9NO.C5H7N.2C3H6O.2C2H6.7C2H4/c1-6-9(11)7-4-2-3-5-8(7)10(6)12;1-6-9-7-4-2-3-5-8(7)10-6;1-9-7-8-5-3-2-4-6-8;1-7(9)8-5-3-2-4-6-8;1-8-7-5-3-2-4-6-7;3*1-7-5-3-2-4-6-7;1-6-4-2-3-5-6;1-6-3-2-5(7)4-6;1-6-4-2-3-5-6;2*1-3(2)4;9*1-2/h2-6H,1H3;2-6H,1H3;2-6H,7H2,1H3;2-6H,1H3;2-6H,1H3;7H,2-6H2,1H3;2-6H,1H3;2-6H2,1H3;2-6H,1H3;2-4H2,1H3;2-5H,1H3;2*1-2H3;2*1-2H3;7*1-2H2. The van der Waals surface area contributed by atoms with Crippen LogP contribution in [0.25, 0.3) is 0 Å². The largest absolute Gasteiger partial charge is 0.497 e. The van der Waals surface area contributed by atoms with Crippen molar-refractivity contribution >= 4 is 34.7 Å². The number of ether oxygens (including phenoxy) is 4.